The minimum atomic E-state index is -1.27. The molecule has 0 fully saturated rings. The summed E-state index contributed by atoms with van der Waals surface area (Å²) in [4.78, 5) is 0. The number of benzene rings is 18. The summed E-state index contributed by atoms with van der Waals surface area (Å²) >= 11 is 0. The number of hydrogen-bond acceptors (Lipinski definition) is 0. The van der Waals surface area contributed by atoms with Crippen LogP contribution in [0.3, 0.4) is 0 Å². The number of fused-ring (bicyclic) bond motifs is 27. The monoisotopic (exact) mass is 1550 g/mol. The lowest BCUT2D eigenvalue weighted by Crippen LogP contribution is -2.70. The van der Waals surface area contributed by atoms with Gasteiger partial charge in [0.15, 0.2) is 0 Å². The molecule has 0 aromatic heterocycles. The van der Waals surface area contributed by atoms with Crippen LogP contribution in [0.25, 0.3) is 100 Å². The van der Waals surface area contributed by atoms with Crippen molar-refractivity contribution in [2.45, 2.75) is 59.7 Å². The molecule has 0 bridgehead atoms. The van der Waals surface area contributed by atoms with E-state index < -0.39 is 45.8 Å². The Kier molecular flexibility index (Phi) is 14.7. The molecule has 18 aromatic rings. The Morgan fingerprint density at radius 3 is 0.484 bits per heavy atom. The van der Waals surface area contributed by atoms with Gasteiger partial charge in [-0.2, -0.15) is 0 Å². The first kappa shape index (κ1) is 68.8. The Morgan fingerprint density at radius 2 is 0.287 bits per heavy atom. The van der Waals surface area contributed by atoms with Crippen molar-refractivity contribution in [1.82, 2.24) is 0 Å². The maximum absolute atomic E-state index is 2.70. The topological polar surface area (TPSA) is 0 Å². The third kappa shape index (κ3) is 8.76. The Hall–Kier alpha value is -14.0. The molecule has 0 nitrogen and oxygen atoms in total. The van der Waals surface area contributed by atoms with Crippen LogP contribution < -0.4 is 0 Å². The van der Waals surface area contributed by atoms with Crippen molar-refractivity contribution in [3.05, 3.63) is 537 Å². The van der Waals surface area contributed by atoms with Crippen LogP contribution >= 0.6 is 0 Å². The van der Waals surface area contributed by atoms with E-state index in [1.807, 2.05) is 0 Å². The van der Waals surface area contributed by atoms with Gasteiger partial charge in [-0.05, 0) is 213 Å². The molecule has 0 radical (unpaired) electrons. The fourth-order valence-electron chi connectivity index (χ4n) is 28.7. The summed E-state index contributed by atoms with van der Waals surface area (Å²) in [5.41, 5.74) is 45.4. The Balaban J connectivity index is 1.03. The molecular weight excluding hydrogens is 1470 g/mol. The van der Waals surface area contributed by atoms with E-state index in [1.54, 1.807) is 0 Å². The van der Waals surface area contributed by atoms with E-state index >= 15 is 0 Å². The third-order valence-electron chi connectivity index (χ3n) is 31.9. The Labute approximate surface area is 713 Å². The van der Waals surface area contributed by atoms with Crippen LogP contribution in [-0.2, 0) is 0 Å². The lowest BCUT2D eigenvalue weighted by Gasteiger charge is -2.76. The first-order valence-electron chi connectivity index (χ1n) is 44.3. The highest BCUT2D eigenvalue weighted by molar-refractivity contribution is 5.93. The molecule has 9 aliphatic carbocycles. The zero-order valence-corrected chi connectivity index (χ0v) is 67.5. The van der Waals surface area contributed by atoms with Gasteiger partial charge in [-0.3, -0.25) is 0 Å². The molecule has 0 unspecified atom stereocenters. The zero-order valence-electron chi connectivity index (χ0n) is 67.5. The van der Waals surface area contributed by atoms with Crippen LogP contribution in [0.15, 0.2) is 437 Å². The maximum atomic E-state index is 2.70. The van der Waals surface area contributed by atoms with Crippen LogP contribution in [-0.4, -0.2) is 0 Å². The van der Waals surface area contributed by atoms with Gasteiger partial charge in [0.1, 0.15) is 0 Å². The van der Waals surface area contributed by atoms with Crippen LogP contribution in [0.2, 0.25) is 0 Å². The van der Waals surface area contributed by atoms with E-state index in [2.05, 4.69) is 437 Å². The highest BCUT2D eigenvalue weighted by Crippen LogP contribution is 2.92. The van der Waals surface area contributed by atoms with E-state index in [4.69, 9.17) is 0 Å². The normalized spacial score (nSPS) is 15.5. The Morgan fingerprint density at radius 1 is 0.148 bits per heavy atom. The zero-order chi connectivity index (χ0) is 79.7. The predicted molar refractivity (Wildman–Crippen MR) is 499 cm³/mol. The standard InChI is InChI=1S/C122H84/c1-3-55-92-74(37-1)75-38-2-4-56-93(75)110(92)73-120(113-98-61-25-9-43-80(98)81-44-10-26-62-99(81)113,114-100-63-27-11-45-82(100)83-46-12-28-64-101(83)114)122(117-106-69-33-17-51-88(106)89-52-18-34-70-107(89)117,118-108-71-35-19-53-90(108)91-54-20-36-72-109(91)118)121(115-102-65-29-13-47-84(102)85-48-14-30-66-103(85)115,116-104-67-31-15-49-86(104)87-50-16-32-68-105(87)116)119(111-94-57-21-5-39-76(94)77-40-6-22-58-95(77)111)112-96-59-23-7-41-78(96)79-42-8-24-60-97(79)112/h1-72,110-119H,73H2. The molecular formula is C122H84. The van der Waals surface area contributed by atoms with Crippen molar-refractivity contribution < 1.29 is 0 Å². The van der Waals surface area contributed by atoms with E-state index in [1.165, 1.54) is 200 Å². The van der Waals surface area contributed by atoms with E-state index in [0.717, 1.165) is 0 Å². The average molecular weight is 1550 g/mol. The van der Waals surface area contributed by atoms with Crippen molar-refractivity contribution in [2.24, 2.45) is 22.2 Å². The highest BCUT2D eigenvalue weighted by Gasteiger charge is 2.83. The second-order valence-corrected chi connectivity index (χ2v) is 36.2. The lowest BCUT2D eigenvalue weighted by atomic mass is 9.25. The van der Waals surface area contributed by atoms with Gasteiger partial charge in [-0.15, -0.1) is 0 Å². The molecule has 0 amide bonds. The van der Waals surface area contributed by atoms with Gasteiger partial charge >= 0.3 is 0 Å². The average Bonchev–Trinajstić information content (AvgIpc) is 1.40. The smallest absolute Gasteiger partial charge is 0.0179 e. The minimum Gasteiger partial charge on any atom is -0.0619 e. The minimum absolute atomic E-state index is 0.177. The summed E-state index contributed by atoms with van der Waals surface area (Å²) in [5, 5.41) is 0. The van der Waals surface area contributed by atoms with Crippen molar-refractivity contribution in [3.8, 4) is 100 Å². The molecule has 9 aliphatic rings. The number of rotatable bonds is 13. The SMILES string of the molecule is c1ccc2c(c1)-c1ccccc1C2CC(C1c2ccccc2-c2ccccc21)(C1c2ccccc2-c2ccccc21)C(C1c2ccccc2-c2ccccc21)(C1c2ccccc2-c2ccccc21)C(C1c2ccccc2-c2ccccc21)(C1c2ccccc2-c2ccccc21)C(C1c2ccccc2-c2ccccc21)C1c2ccccc2-c2ccccc21. The fraction of sp³-hybridized carbons (Fsp3) is 0.115. The third-order valence-corrected chi connectivity index (χ3v) is 31.9. The molecule has 572 valence electrons. The van der Waals surface area contributed by atoms with Crippen LogP contribution in [0.1, 0.15) is 160 Å². The fourth-order valence-corrected chi connectivity index (χ4v) is 28.7. The van der Waals surface area contributed by atoms with Gasteiger partial charge in [0.05, 0.1) is 0 Å². The van der Waals surface area contributed by atoms with Gasteiger partial charge in [-0.1, -0.05) is 437 Å². The molecule has 0 atom stereocenters. The van der Waals surface area contributed by atoms with Gasteiger partial charge in [0.25, 0.3) is 0 Å². The number of hydrogen-bond donors (Lipinski definition) is 0. The first-order valence-corrected chi connectivity index (χ1v) is 44.3. The molecule has 122 heavy (non-hydrogen) atoms. The maximum Gasteiger partial charge on any atom is 0.0179 e. The lowest BCUT2D eigenvalue weighted by molar-refractivity contribution is -0.185. The molecule has 27 rings (SSSR count). The second-order valence-electron chi connectivity index (χ2n) is 36.2. The molecule has 0 heteroatoms. The largest absolute Gasteiger partial charge is 0.0619 e. The van der Waals surface area contributed by atoms with Crippen molar-refractivity contribution in [1.29, 1.82) is 0 Å². The highest BCUT2D eigenvalue weighted by atomic mass is 14.8. The summed E-state index contributed by atoms with van der Waals surface area (Å²) in [7, 11) is 0. The molecule has 0 spiro atoms. The molecule has 0 N–H and O–H groups in total. The van der Waals surface area contributed by atoms with Gasteiger partial charge < -0.3 is 0 Å². The summed E-state index contributed by atoms with van der Waals surface area (Å²) < 4.78 is 0. The second kappa shape index (κ2) is 26.0. The summed E-state index contributed by atoms with van der Waals surface area (Å²) in [5.74, 6) is -3.67. The summed E-state index contributed by atoms with van der Waals surface area (Å²) in [6.45, 7) is 0. The predicted octanol–water partition coefficient (Wildman–Crippen LogP) is 30.3. The molecule has 0 aliphatic heterocycles. The van der Waals surface area contributed by atoms with E-state index in [0.29, 0.717) is 6.42 Å². The first-order chi connectivity index (χ1) is 60.6. The van der Waals surface area contributed by atoms with Crippen molar-refractivity contribution in [2.75, 3.05) is 0 Å². The summed E-state index contributed by atoms with van der Waals surface area (Å²) in [6.07, 6.45) is 0.708. The van der Waals surface area contributed by atoms with Crippen molar-refractivity contribution >= 4 is 0 Å². The van der Waals surface area contributed by atoms with Gasteiger partial charge in [0, 0.05) is 69.5 Å². The van der Waals surface area contributed by atoms with Crippen molar-refractivity contribution in [3.63, 3.8) is 0 Å². The van der Waals surface area contributed by atoms with Gasteiger partial charge in [0.2, 0.25) is 0 Å². The van der Waals surface area contributed by atoms with Crippen LogP contribution in [0.5, 0.6) is 0 Å². The molecule has 0 heterocycles. The van der Waals surface area contributed by atoms with Crippen LogP contribution in [0.4, 0.5) is 0 Å². The summed E-state index contributed by atoms with van der Waals surface area (Å²) in [6, 6.07) is 180. The van der Waals surface area contributed by atoms with Gasteiger partial charge in [-0.25, -0.2) is 0 Å². The molecule has 0 saturated carbocycles. The van der Waals surface area contributed by atoms with Crippen LogP contribution in [0, 0.1) is 22.2 Å². The Bertz CT molecular complexity index is 6650. The molecule has 18 aromatic carbocycles. The van der Waals surface area contributed by atoms with E-state index in [-0.39, 0.29) is 29.6 Å². The molecule has 0 saturated heterocycles. The van der Waals surface area contributed by atoms with E-state index in [9.17, 15) is 0 Å². The quantitative estimate of drug-likeness (QED) is 0.108.